The Morgan fingerprint density at radius 1 is 1.28 bits per heavy atom. The van der Waals surface area contributed by atoms with Crippen molar-refractivity contribution >= 4 is 27.3 Å². The molecule has 0 aliphatic heterocycles. The van der Waals surface area contributed by atoms with Gasteiger partial charge in [0.2, 0.25) is 0 Å². The summed E-state index contributed by atoms with van der Waals surface area (Å²) in [5.74, 6) is 0.916. The molecule has 0 amide bonds. The molecule has 0 bridgehead atoms. The van der Waals surface area contributed by atoms with Crippen molar-refractivity contribution in [1.29, 1.82) is 0 Å². The minimum Gasteiger partial charge on any atom is -0.488 e. The van der Waals surface area contributed by atoms with E-state index in [1.807, 2.05) is 12.1 Å². The van der Waals surface area contributed by atoms with Crippen molar-refractivity contribution in [3.63, 3.8) is 0 Å². The second kappa shape index (κ2) is 6.92. The Hall–Kier alpha value is -0.840. The van der Waals surface area contributed by atoms with Gasteiger partial charge in [0.1, 0.15) is 12.4 Å². The van der Waals surface area contributed by atoms with Gasteiger partial charge in [-0.1, -0.05) is 19.1 Å². The highest BCUT2D eigenvalue weighted by atomic mass is 79.9. The minimum atomic E-state index is 0.628. The topological polar surface area (TPSA) is 21.3 Å². The predicted molar refractivity (Wildman–Crippen MR) is 80.2 cm³/mol. The Bertz CT molecular complexity index is 481. The summed E-state index contributed by atoms with van der Waals surface area (Å²) in [6.07, 6.45) is 0. The lowest BCUT2D eigenvalue weighted by Gasteiger charge is -2.06. The molecule has 2 nitrogen and oxygen atoms in total. The number of hydrogen-bond acceptors (Lipinski definition) is 3. The highest BCUT2D eigenvalue weighted by Crippen LogP contribution is 2.21. The van der Waals surface area contributed by atoms with Crippen molar-refractivity contribution in [3.05, 3.63) is 50.6 Å². The van der Waals surface area contributed by atoms with Crippen LogP contribution in [0.2, 0.25) is 0 Å². The molecule has 0 atom stereocenters. The molecule has 18 heavy (non-hydrogen) atoms. The van der Waals surface area contributed by atoms with Crippen molar-refractivity contribution in [2.75, 3.05) is 6.54 Å². The number of rotatable bonds is 6. The third-order valence-electron chi connectivity index (χ3n) is 2.51. The van der Waals surface area contributed by atoms with Gasteiger partial charge in [0.25, 0.3) is 0 Å². The number of thiophene rings is 1. The molecule has 4 heteroatoms. The van der Waals surface area contributed by atoms with Crippen molar-refractivity contribution < 1.29 is 4.74 Å². The molecule has 0 aliphatic carbocycles. The molecule has 1 N–H and O–H groups in total. The summed E-state index contributed by atoms with van der Waals surface area (Å²) >= 11 is 5.14. The quantitative estimate of drug-likeness (QED) is 0.859. The summed E-state index contributed by atoms with van der Waals surface area (Å²) < 4.78 is 6.85. The molecular weight excluding hydrogens is 310 g/mol. The third-order valence-corrected chi connectivity index (χ3v) is 4.18. The lowest BCUT2D eigenvalue weighted by molar-refractivity contribution is 0.309. The predicted octanol–water partition coefficient (Wildman–Crippen LogP) is 4.20. The van der Waals surface area contributed by atoms with Crippen LogP contribution in [0.25, 0.3) is 0 Å². The zero-order valence-corrected chi connectivity index (χ0v) is 12.7. The van der Waals surface area contributed by atoms with Crippen LogP contribution in [0.15, 0.2) is 40.2 Å². The average Bonchev–Trinajstić information content (AvgIpc) is 2.81. The van der Waals surface area contributed by atoms with Crippen LogP contribution in [0, 0.1) is 0 Å². The van der Waals surface area contributed by atoms with E-state index in [1.54, 1.807) is 11.3 Å². The fourth-order valence-corrected chi connectivity index (χ4v) is 2.92. The number of benzene rings is 1. The Morgan fingerprint density at radius 2 is 2.06 bits per heavy atom. The summed E-state index contributed by atoms with van der Waals surface area (Å²) in [7, 11) is 0. The van der Waals surface area contributed by atoms with Crippen LogP contribution >= 0.6 is 27.3 Å². The van der Waals surface area contributed by atoms with E-state index in [2.05, 4.69) is 51.7 Å². The zero-order chi connectivity index (χ0) is 12.8. The van der Waals surface area contributed by atoms with Crippen molar-refractivity contribution in [3.8, 4) is 5.75 Å². The summed E-state index contributed by atoms with van der Waals surface area (Å²) in [6, 6.07) is 10.3. The summed E-state index contributed by atoms with van der Waals surface area (Å²) in [4.78, 5) is 1.22. The molecular formula is C14H16BrNOS. The molecule has 0 unspecified atom stereocenters. The van der Waals surface area contributed by atoms with E-state index < -0.39 is 0 Å². The Kier molecular flexibility index (Phi) is 5.23. The van der Waals surface area contributed by atoms with Crippen LogP contribution in [0.1, 0.15) is 17.4 Å². The van der Waals surface area contributed by atoms with Gasteiger partial charge in [0.15, 0.2) is 0 Å². The van der Waals surface area contributed by atoms with Gasteiger partial charge in [-0.05, 0) is 46.2 Å². The van der Waals surface area contributed by atoms with Crippen molar-refractivity contribution in [2.24, 2.45) is 0 Å². The number of halogens is 1. The summed E-state index contributed by atoms with van der Waals surface area (Å²) in [5.41, 5.74) is 1.28. The highest BCUT2D eigenvalue weighted by molar-refractivity contribution is 9.10. The first-order chi connectivity index (χ1) is 8.78. The van der Waals surface area contributed by atoms with E-state index in [0.717, 1.165) is 23.3 Å². The van der Waals surface area contributed by atoms with Gasteiger partial charge in [-0.2, -0.15) is 0 Å². The number of ether oxygens (including phenoxy) is 1. The monoisotopic (exact) mass is 325 g/mol. The van der Waals surface area contributed by atoms with Gasteiger partial charge < -0.3 is 10.1 Å². The second-order valence-corrected chi connectivity index (χ2v) is 5.86. The molecule has 1 aromatic carbocycles. The molecule has 2 aromatic rings. The normalized spacial score (nSPS) is 10.6. The van der Waals surface area contributed by atoms with E-state index >= 15 is 0 Å². The van der Waals surface area contributed by atoms with Gasteiger partial charge >= 0.3 is 0 Å². The average molecular weight is 326 g/mol. The SMILES string of the molecule is CCNCc1ccc(OCc2cc(Br)cs2)cc1. The Morgan fingerprint density at radius 3 is 2.67 bits per heavy atom. The highest BCUT2D eigenvalue weighted by Gasteiger charge is 1.99. The van der Waals surface area contributed by atoms with Crippen LogP contribution in [0.4, 0.5) is 0 Å². The number of nitrogens with one attached hydrogen (secondary N) is 1. The molecule has 1 aromatic heterocycles. The van der Waals surface area contributed by atoms with Crippen molar-refractivity contribution in [2.45, 2.75) is 20.1 Å². The maximum absolute atomic E-state index is 5.73. The largest absolute Gasteiger partial charge is 0.488 e. The zero-order valence-electron chi connectivity index (χ0n) is 10.3. The van der Waals surface area contributed by atoms with Gasteiger partial charge in [-0.3, -0.25) is 0 Å². The van der Waals surface area contributed by atoms with E-state index in [-0.39, 0.29) is 0 Å². The van der Waals surface area contributed by atoms with E-state index in [1.165, 1.54) is 10.4 Å². The van der Waals surface area contributed by atoms with Crippen LogP contribution in [0.5, 0.6) is 5.75 Å². The minimum absolute atomic E-state index is 0.628. The maximum Gasteiger partial charge on any atom is 0.122 e. The van der Waals surface area contributed by atoms with Crippen LogP contribution in [0.3, 0.4) is 0 Å². The second-order valence-electron chi connectivity index (χ2n) is 3.94. The first kappa shape index (κ1) is 13.6. The summed E-state index contributed by atoms with van der Waals surface area (Å²) in [6.45, 7) is 4.64. The lowest BCUT2D eigenvalue weighted by atomic mass is 10.2. The molecule has 0 spiro atoms. The molecule has 1 heterocycles. The molecule has 0 fully saturated rings. The molecule has 2 rings (SSSR count). The van der Waals surface area contributed by atoms with Crippen molar-refractivity contribution in [1.82, 2.24) is 5.32 Å². The first-order valence-electron chi connectivity index (χ1n) is 5.93. The smallest absolute Gasteiger partial charge is 0.122 e. The van der Waals surface area contributed by atoms with Gasteiger partial charge in [0.05, 0.1) is 0 Å². The Balaban J connectivity index is 1.86. The Labute approximate surface area is 120 Å². The van der Waals surface area contributed by atoms with E-state index in [9.17, 15) is 0 Å². The van der Waals surface area contributed by atoms with E-state index in [0.29, 0.717) is 6.61 Å². The molecule has 0 aliphatic rings. The van der Waals surface area contributed by atoms with Crippen LogP contribution < -0.4 is 10.1 Å². The maximum atomic E-state index is 5.73. The van der Waals surface area contributed by atoms with Gasteiger partial charge in [0, 0.05) is 21.3 Å². The third kappa shape index (κ3) is 4.12. The molecule has 0 saturated heterocycles. The fraction of sp³-hybridized carbons (Fsp3) is 0.286. The van der Waals surface area contributed by atoms with Crippen LogP contribution in [-0.4, -0.2) is 6.54 Å². The molecule has 96 valence electrons. The van der Waals surface area contributed by atoms with Gasteiger partial charge in [-0.15, -0.1) is 11.3 Å². The van der Waals surface area contributed by atoms with Gasteiger partial charge in [-0.25, -0.2) is 0 Å². The number of hydrogen-bond donors (Lipinski definition) is 1. The summed E-state index contributed by atoms with van der Waals surface area (Å²) in [5, 5.41) is 5.37. The fourth-order valence-electron chi connectivity index (χ4n) is 1.56. The first-order valence-corrected chi connectivity index (χ1v) is 7.60. The standard InChI is InChI=1S/C14H16BrNOS/c1-2-16-8-11-3-5-13(6-4-11)17-9-14-7-12(15)10-18-14/h3-7,10,16H,2,8-9H2,1H3. The van der Waals surface area contributed by atoms with E-state index in [4.69, 9.17) is 4.74 Å². The molecule has 0 radical (unpaired) electrons. The van der Waals surface area contributed by atoms with Crippen LogP contribution in [-0.2, 0) is 13.2 Å². The molecule has 0 saturated carbocycles. The lowest BCUT2D eigenvalue weighted by Crippen LogP contribution is -2.11.